The Kier molecular flexibility index (Phi) is 4.85. The summed E-state index contributed by atoms with van der Waals surface area (Å²) < 4.78 is 13.7. The van der Waals surface area contributed by atoms with Gasteiger partial charge in [-0.15, -0.1) is 5.10 Å². The van der Waals surface area contributed by atoms with Crippen LogP contribution >= 0.6 is 11.8 Å². The van der Waals surface area contributed by atoms with Crippen molar-refractivity contribution >= 4 is 11.8 Å². The summed E-state index contributed by atoms with van der Waals surface area (Å²) in [4.78, 5) is 4.34. The fraction of sp³-hybridized carbons (Fsp3) is 0.176. The Morgan fingerprint density at radius 1 is 1.00 bits per heavy atom. The van der Waals surface area contributed by atoms with Gasteiger partial charge in [-0.05, 0) is 30.5 Å². The first-order valence-electron chi connectivity index (χ1n) is 7.17. The van der Waals surface area contributed by atoms with Crippen molar-refractivity contribution in [3.63, 3.8) is 0 Å². The normalized spacial score (nSPS) is 10.8. The molecule has 0 unspecified atom stereocenters. The van der Waals surface area contributed by atoms with E-state index in [2.05, 4.69) is 39.4 Å². The van der Waals surface area contributed by atoms with Crippen LogP contribution in [0.1, 0.15) is 12.0 Å². The summed E-state index contributed by atoms with van der Waals surface area (Å²) in [5, 5.41) is 7.60. The maximum atomic E-state index is 13.7. The van der Waals surface area contributed by atoms with Gasteiger partial charge in [0.15, 0.2) is 5.82 Å². The molecule has 0 aliphatic rings. The van der Waals surface area contributed by atoms with Gasteiger partial charge < -0.3 is 0 Å². The molecule has 0 amide bonds. The number of H-pyrrole nitrogens is 1. The third-order valence-electron chi connectivity index (χ3n) is 3.28. The van der Waals surface area contributed by atoms with Crippen molar-refractivity contribution in [1.29, 1.82) is 0 Å². The molecule has 22 heavy (non-hydrogen) atoms. The van der Waals surface area contributed by atoms with E-state index >= 15 is 0 Å². The van der Waals surface area contributed by atoms with Gasteiger partial charge >= 0.3 is 0 Å². The number of hydrogen-bond acceptors (Lipinski definition) is 3. The van der Waals surface area contributed by atoms with Crippen molar-refractivity contribution in [2.24, 2.45) is 0 Å². The molecular formula is C17H16FN3S. The summed E-state index contributed by atoms with van der Waals surface area (Å²) in [6.45, 7) is 0. The molecule has 1 heterocycles. The van der Waals surface area contributed by atoms with Crippen LogP contribution in [0.3, 0.4) is 0 Å². The van der Waals surface area contributed by atoms with Crippen LogP contribution in [0, 0.1) is 5.82 Å². The third kappa shape index (κ3) is 3.74. The van der Waals surface area contributed by atoms with Crippen molar-refractivity contribution in [2.75, 3.05) is 5.75 Å². The average Bonchev–Trinajstić information content (AvgIpc) is 3.02. The summed E-state index contributed by atoms with van der Waals surface area (Å²) in [5.41, 5.74) is 1.79. The largest absolute Gasteiger partial charge is 0.258 e. The first-order chi connectivity index (χ1) is 10.8. The van der Waals surface area contributed by atoms with E-state index in [9.17, 15) is 4.39 Å². The van der Waals surface area contributed by atoms with E-state index in [1.54, 1.807) is 30.0 Å². The number of rotatable bonds is 6. The molecule has 0 bridgehead atoms. The summed E-state index contributed by atoms with van der Waals surface area (Å²) in [6.07, 6.45) is 2.09. The maximum Gasteiger partial charge on any atom is 0.208 e. The van der Waals surface area contributed by atoms with Crippen LogP contribution in [0.4, 0.5) is 4.39 Å². The molecule has 5 heteroatoms. The number of hydrogen-bond donors (Lipinski definition) is 1. The summed E-state index contributed by atoms with van der Waals surface area (Å²) in [6, 6.07) is 17.0. The van der Waals surface area contributed by atoms with Gasteiger partial charge in [0.05, 0.1) is 5.56 Å². The van der Waals surface area contributed by atoms with Gasteiger partial charge in [0.25, 0.3) is 0 Å². The molecule has 0 aliphatic heterocycles. The van der Waals surface area contributed by atoms with Crippen LogP contribution in [0.15, 0.2) is 59.8 Å². The Morgan fingerprint density at radius 2 is 1.77 bits per heavy atom. The number of aryl methyl sites for hydroxylation is 1. The Bertz CT molecular complexity index is 728. The molecule has 0 fully saturated rings. The Morgan fingerprint density at radius 3 is 2.59 bits per heavy atom. The molecule has 1 N–H and O–H groups in total. The van der Waals surface area contributed by atoms with Gasteiger partial charge in [-0.2, -0.15) is 0 Å². The van der Waals surface area contributed by atoms with Crippen LogP contribution in [-0.4, -0.2) is 20.9 Å². The molecule has 112 valence electrons. The summed E-state index contributed by atoms with van der Waals surface area (Å²) in [5.74, 6) is 1.12. The highest BCUT2D eigenvalue weighted by Crippen LogP contribution is 2.22. The van der Waals surface area contributed by atoms with Crippen LogP contribution in [0.25, 0.3) is 11.4 Å². The molecule has 3 aromatic rings. The van der Waals surface area contributed by atoms with Gasteiger partial charge in [-0.1, -0.05) is 54.2 Å². The maximum absolute atomic E-state index is 13.7. The third-order valence-corrected chi connectivity index (χ3v) is 4.21. The lowest BCUT2D eigenvalue weighted by Gasteiger charge is -1.99. The highest BCUT2D eigenvalue weighted by atomic mass is 32.2. The van der Waals surface area contributed by atoms with E-state index in [-0.39, 0.29) is 5.82 Å². The van der Waals surface area contributed by atoms with Gasteiger partial charge in [-0.25, -0.2) is 9.37 Å². The zero-order chi connectivity index (χ0) is 15.2. The van der Waals surface area contributed by atoms with Gasteiger partial charge in [0.2, 0.25) is 5.16 Å². The minimum Gasteiger partial charge on any atom is -0.258 e. The van der Waals surface area contributed by atoms with Crippen molar-refractivity contribution in [1.82, 2.24) is 15.2 Å². The van der Waals surface area contributed by atoms with Crippen molar-refractivity contribution in [3.8, 4) is 11.4 Å². The predicted molar refractivity (Wildman–Crippen MR) is 87.3 cm³/mol. The van der Waals surface area contributed by atoms with Crippen molar-refractivity contribution in [3.05, 3.63) is 66.0 Å². The molecule has 3 rings (SSSR count). The van der Waals surface area contributed by atoms with E-state index < -0.39 is 0 Å². The monoisotopic (exact) mass is 313 g/mol. The average molecular weight is 313 g/mol. The highest BCUT2D eigenvalue weighted by Gasteiger charge is 2.09. The number of aromatic nitrogens is 3. The second-order valence-electron chi connectivity index (χ2n) is 4.88. The van der Waals surface area contributed by atoms with E-state index in [1.165, 1.54) is 11.6 Å². The molecule has 0 aliphatic carbocycles. The molecule has 0 atom stereocenters. The van der Waals surface area contributed by atoms with E-state index in [0.717, 1.165) is 18.6 Å². The number of nitrogens with one attached hydrogen (secondary N) is 1. The fourth-order valence-electron chi connectivity index (χ4n) is 2.17. The van der Waals surface area contributed by atoms with E-state index in [1.807, 2.05) is 6.07 Å². The number of thioether (sulfide) groups is 1. The van der Waals surface area contributed by atoms with Gasteiger partial charge in [0.1, 0.15) is 5.82 Å². The van der Waals surface area contributed by atoms with Crippen molar-refractivity contribution in [2.45, 2.75) is 18.0 Å². The molecule has 2 aromatic carbocycles. The second kappa shape index (κ2) is 7.22. The predicted octanol–water partition coefficient (Wildman–Crippen LogP) is 4.34. The number of nitrogens with zero attached hydrogens (tertiary/aromatic N) is 2. The Hall–Kier alpha value is -2.14. The van der Waals surface area contributed by atoms with Gasteiger partial charge in [0, 0.05) is 5.75 Å². The Balaban J connectivity index is 1.53. The molecule has 0 saturated heterocycles. The quantitative estimate of drug-likeness (QED) is 0.544. The second-order valence-corrected chi connectivity index (χ2v) is 5.95. The number of benzene rings is 2. The molecule has 0 radical (unpaired) electrons. The zero-order valence-electron chi connectivity index (χ0n) is 12.0. The molecule has 1 aromatic heterocycles. The first-order valence-corrected chi connectivity index (χ1v) is 8.15. The zero-order valence-corrected chi connectivity index (χ0v) is 12.8. The molecule has 3 nitrogen and oxygen atoms in total. The summed E-state index contributed by atoms with van der Waals surface area (Å²) >= 11 is 1.59. The smallest absolute Gasteiger partial charge is 0.208 e. The Labute approximate surface area is 133 Å². The number of halogens is 1. The van der Waals surface area contributed by atoms with Crippen LogP contribution in [0.2, 0.25) is 0 Å². The minimum atomic E-state index is -0.292. The summed E-state index contributed by atoms with van der Waals surface area (Å²) in [7, 11) is 0. The topological polar surface area (TPSA) is 41.6 Å². The first kappa shape index (κ1) is 14.8. The van der Waals surface area contributed by atoms with E-state index in [0.29, 0.717) is 16.5 Å². The van der Waals surface area contributed by atoms with Crippen LogP contribution in [0.5, 0.6) is 0 Å². The SMILES string of the molecule is Fc1ccccc1-c1nc(SCCCc2ccccc2)n[nH]1. The lowest BCUT2D eigenvalue weighted by atomic mass is 10.1. The number of aromatic amines is 1. The lowest BCUT2D eigenvalue weighted by Crippen LogP contribution is -1.88. The van der Waals surface area contributed by atoms with Gasteiger partial charge in [-0.3, -0.25) is 5.10 Å². The fourth-order valence-corrected chi connectivity index (χ4v) is 2.91. The van der Waals surface area contributed by atoms with Crippen LogP contribution in [-0.2, 0) is 6.42 Å². The standard InChI is InChI=1S/C17H16FN3S/c18-15-11-5-4-10-14(15)16-19-17(21-20-16)22-12-6-9-13-7-2-1-3-8-13/h1-5,7-8,10-11H,6,9,12H2,(H,19,20,21). The van der Waals surface area contributed by atoms with Crippen LogP contribution < -0.4 is 0 Å². The minimum absolute atomic E-state index is 0.292. The molecule has 0 saturated carbocycles. The van der Waals surface area contributed by atoms with Crippen molar-refractivity contribution < 1.29 is 4.39 Å². The highest BCUT2D eigenvalue weighted by molar-refractivity contribution is 7.99. The molecular weight excluding hydrogens is 297 g/mol. The lowest BCUT2D eigenvalue weighted by molar-refractivity contribution is 0.630. The van der Waals surface area contributed by atoms with E-state index in [4.69, 9.17) is 0 Å². The molecule has 0 spiro atoms.